The molecule has 0 radical (unpaired) electrons. The third kappa shape index (κ3) is 3.34. The molecule has 2 aromatic rings. The summed E-state index contributed by atoms with van der Waals surface area (Å²) in [5.41, 5.74) is 1.09. The number of likely N-dealkylation sites (tertiary alicyclic amines) is 1. The highest BCUT2D eigenvalue weighted by atomic mass is 32.1. The van der Waals surface area contributed by atoms with Gasteiger partial charge in [-0.25, -0.2) is 9.67 Å². The number of hydrogen-bond donors (Lipinski definition) is 0. The van der Waals surface area contributed by atoms with E-state index in [1.807, 2.05) is 25.1 Å². The van der Waals surface area contributed by atoms with E-state index in [0.29, 0.717) is 18.4 Å². The monoisotopic (exact) mass is 346 g/mol. The van der Waals surface area contributed by atoms with Crippen LogP contribution in [0.5, 0.6) is 0 Å². The van der Waals surface area contributed by atoms with Crippen molar-refractivity contribution >= 4 is 16.7 Å². The molecule has 2 aliphatic rings. The summed E-state index contributed by atoms with van der Waals surface area (Å²) in [7, 11) is 3.95. The maximum atomic E-state index is 12.0. The number of anilines is 1. The van der Waals surface area contributed by atoms with Gasteiger partial charge >= 0.3 is 0 Å². The molecule has 2 fully saturated rings. The quantitative estimate of drug-likeness (QED) is 0.782. The predicted octanol–water partition coefficient (Wildman–Crippen LogP) is 1.17. The van der Waals surface area contributed by atoms with Crippen LogP contribution in [0.1, 0.15) is 30.3 Å². The van der Waals surface area contributed by atoms with Crippen LogP contribution in [0.3, 0.4) is 0 Å². The summed E-state index contributed by atoms with van der Waals surface area (Å²) in [6, 6.07) is 3.55. The standard InChI is InChI=1S/C16H22N6OS/c1-20(2)16-17-14(19-24-16)10-21-7-11(8-21)9-22-15(23)6-5-13(18-22)12-3-4-12/h5-6,11-12H,3-4,7-10H2,1-2H3. The molecule has 2 aromatic heterocycles. The summed E-state index contributed by atoms with van der Waals surface area (Å²) in [6.45, 7) is 3.44. The number of nitrogens with zero attached hydrogens (tertiary/aromatic N) is 6. The molecule has 0 amide bonds. The number of hydrogen-bond acceptors (Lipinski definition) is 7. The first-order valence-electron chi connectivity index (χ1n) is 8.39. The SMILES string of the molecule is CN(C)c1nc(CN2CC(Cn3nc(C4CC4)ccc3=O)C2)ns1. The van der Waals surface area contributed by atoms with Crippen molar-refractivity contribution in [1.29, 1.82) is 0 Å². The van der Waals surface area contributed by atoms with E-state index in [2.05, 4.69) is 19.4 Å². The Labute approximate surface area is 145 Å². The van der Waals surface area contributed by atoms with Gasteiger partial charge in [-0.05, 0) is 18.9 Å². The molecular weight excluding hydrogens is 324 g/mol. The van der Waals surface area contributed by atoms with Crippen LogP contribution in [0.25, 0.3) is 0 Å². The fourth-order valence-electron chi connectivity index (χ4n) is 3.05. The summed E-state index contributed by atoms with van der Waals surface area (Å²) >= 11 is 1.43. The molecule has 0 N–H and O–H groups in total. The normalized spacial score (nSPS) is 18.6. The molecule has 1 aliphatic carbocycles. The Kier molecular flexibility index (Phi) is 4.09. The Morgan fingerprint density at radius 1 is 1.29 bits per heavy atom. The van der Waals surface area contributed by atoms with Crippen LogP contribution in [0.2, 0.25) is 0 Å². The van der Waals surface area contributed by atoms with Crippen molar-refractivity contribution in [3.05, 3.63) is 34.0 Å². The summed E-state index contributed by atoms with van der Waals surface area (Å²) < 4.78 is 6.05. The van der Waals surface area contributed by atoms with Gasteiger partial charge in [-0.15, -0.1) is 0 Å². The van der Waals surface area contributed by atoms with E-state index in [0.717, 1.165) is 36.3 Å². The number of aromatic nitrogens is 4. The average Bonchev–Trinajstić information content (AvgIpc) is 3.25. The first-order valence-corrected chi connectivity index (χ1v) is 9.16. The minimum atomic E-state index is 0.00893. The fourth-order valence-corrected chi connectivity index (χ4v) is 3.64. The molecule has 1 saturated heterocycles. The average molecular weight is 346 g/mol. The topological polar surface area (TPSA) is 67.2 Å². The lowest BCUT2D eigenvalue weighted by Gasteiger charge is -2.38. The zero-order chi connectivity index (χ0) is 16.7. The Balaban J connectivity index is 1.31. The minimum Gasteiger partial charge on any atom is -0.353 e. The Hall–Kier alpha value is -1.80. The van der Waals surface area contributed by atoms with Crippen molar-refractivity contribution < 1.29 is 0 Å². The molecule has 0 spiro atoms. The van der Waals surface area contributed by atoms with E-state index in [1.54, 1.807) is 10.7 Å². The third-order valence-corrected chi connectivity index (χ3v) is 5.47. The van der Waals surface area contributed by atoms with Crippen molar-refractivity contribution in [3.8, 4) is 0 Å². The van der Waals surface area contributed by atoms with Crippen molar-refractivity contribution in [1.82, 2.24) is 24.0 Å². The van der Waals surface area contributed by atoms with Gasteiger partial charge in [0, 0.05) is 56.6 Å². The fraction of sp³-hybridized carbons (Fsp3) is 0.625. The summed E-state index contributed by atoms with van der Waals surface area (Å²) in [6.07, 6.45) is 2.41. The van der Waals surface area contributed by atoms with E-state index in [-0.39, 0.29) is 5.56 Å². The second-order valence-corrected chi connectivity index (χ2v) is 7.73. The van der Waals surface area contributed by atoms with Crippen LogP contribution in [-0.2, 0) is 13.1 Å². The van der Waals surface area contributed by atoms with Gasteiger partial charge in [-0.3, -0.25) is 9.69 Å². The summed E-state index contributed by atoms with van der Waals surface area (Å²) in [4.78, 5) is 20.8. The largest absolute Gasteiger partial charge is 0.353 e. The van der Waals surface area contributed by atoms with Crippen LogP contribution in [0.4, 0.5) is 5.13 Å². The smallest absolute Gasteiger partial charge is 0.266 e. The lowest BCUT2D eigenvalue weighted by Crippen LogP contribution is -2.49. The second kappa shape index (κ2) is 6.25. The molecule has 24 heavy (non-hydrogen) atoms. The maximum absolute atomic E-state index is 12.0. The second-order valence-electron chi connectivity index (χ2n) is 7.00. The maximum Gasteiger partial charge on any atom is 0.266 e. The van der Waals surface area contributed by atoms with Crippen molar-refractivity contribution in [2.45, 2.75) is 31.8 Å². The zero-order valence-electron chi connectivity index (χ0n) is 14.1. The van der Waals surface area contributed by atoms with Gasteiger partial charge in [0.1, 0.15) is 0 Å². The van der Waals surface area contributed by atoms with Gasteiger partial charge < -0.3 is 4.90 Å². The molecule has 0 bridgehead atoms. The van der Waals surface area contributed by atoms with Gasteiger partial charge in [-0.1, -0.05) is 0 Å². The zero-order valence-corrected chi connectivity index (χ0v) is 14.9. The van der Waals surface area contributed by atoms with E-state index < -0.39 is 0 Å². The van der Waals surface area contributed by atoms with Crippen LogP contribution in [-0.4, -0.2) is 51.2 Å². The van der Waals surface area contributed by atoms with Gasteiger partial charge in [0.05, 0.1) is 18.8 Å². The van der Waals surface area contributed by atoms with Gasteiger partial charge in [0.25, 0.3) is 5.56 Å². The molecular formula is C16H22N6OS. The Morgan fingerprint density at radius 3 is 2.75 bits per heavy atom. The lowest BCUT2D eigenvalue weighted by molar-refractivity contribution is 0.0743. The minimum absolute atomic E-state index is 0.00893. The molecule has 1 aliphatic heterocycles. The highest BCUT2D eigenvalue weighted by Gasteiger charge is 2.30. The number of rotatable bonds is 6. The highest BCUT2D eigenvalue weighted by Crippen LogP contribution is 2.38. The predicted molar refractivity (Wildman–Crippen MR) is 93.5 cm³/mol. The molecule has 0 aromatic carbocycles. The summed E-state index contributed by atoms with van der Waals surface area (Å²) in [5, 5.41) is 5.48. The molecule has 3 heterocycles. The molecule has 0 atom stereocenters. The van der Waals surface area contributed by atoms with Gasteiger partial charge in [-0.2, -0.15) is 9.47 Å². The molecule has 128 valence electrons. The molecule has 4 rings (SSSR count). The first-order chi connectivity index (χ1) is 11.6. The van der Waals surface area contributed by atoms with Gasteiger partial charge in [0.15, 0.2) is 5.82 Å². The van der Waals surface area contributed by atoms with E-state index in [4.69, 9.17) is 0 Å². The Bertz CT molecular complexity index is 775. The van der Waals surface area contributed by atoms with Gasteiger partial charge in [0.2, 0.25) is 5.13 Å². The lowest BCUT2D eigenvalue weighted by atomic mass is 10.0. The van der Waals surface area contributed by atoms with Crippen LogP contribution >= 0.6 is 11.5 Å². The van der Waals surface area contributed by atoms with Crippen LogP contribution in [0.15, 0.2) is 16.9 Å². The Morgan fingerprint density at radius 2 is 2.08 bits per heavy atom. The van der Waals surface area contributed by atoms with E-state index in [9.17, 15) is 4.79 Å². The molecule has 0 unspecified atom stereocenters. The highest BCUT2D eigenvalue weighted by molar-refractivity contribution is 7.09. The van der Waals surface area contributed by atoms with Crippen LogP contribution in [0, 0.1) is 5.92 Å². The molecule has 1 saturated carbocycles. The molecule has 8 heteroatoms. The molecule has 7 nitrogen and oxygen atoms in total. The van der Waals surface area contributed by atoms with E-state index >= 15 is 0 Å². The van der Waals surface area contributed by atoms with Crippen LogP contribution < -0.4 is 10.5 Å². The van der Waals surface area contributed by atoms with Crippen molar-refractivity contribution in [3.63, 3.8) is 0 Å². The van der Waals surface area contributed by atoms with Crippen molar-refractivity contribution in [2.24, 2.45) is 5.92 Å². The third-order valence-electron chi connectivity index (χ3n) is 4.55. The first kappa shape index (κ1) is 15.7. The van der Waals surface area contributed by atoms with E-state index in [1.165, 1.54) is 24.4 Å². The van der Waals surface area contributed by atoms with Crippen molar-refractivity contribution in [2.75, 3.05) is 32.1 Å². The summed E-state index contributed by atoms with van der Waals surface area (Å²) in [5.74, 6) is 1.95.